The van der Waals surface area contributed by atoms with Crippen LogP contribution in [-0.4, -0.2) is 17.7 Å². The minimum absolute atomic E-state index is 0.231. The molecule has 2 aromatic rings. The molecule has 4 rings (SSSR count). The van der Waals surface area contributed by atoms with Crippen LogP contribution in [0.2, 0.25) is 5.02 Å². The summed E-state index contributed by atoms with van der Waals surface area (Å²) in [6.45, 7) is 1.98. The maximum Gasteiger partial charge on any atom is 0.257 e. The number of para-hydroxylation sites is 1. The third kappa shape index (κ3) is 3.22. The predicted molar refractivity (Wildman–Crippen MR) is 108 cm³/mol. The van der Waals surface area contributed by atoms with Gasteiger partial charge < -0.3 is 5.32 Å². The number of halogens is 1. The van der Waals surface area contributed by atoms with Crippen LogP contribution in [0.15, 0.2) is 60.2 Å². The Kier molecular flexibility index (Phi) is 4.77. The maximum atomic E-state index is 13.0. The van der Waals surface area contributed by atoms with Crippen LogP contribution in [0.3, 0.4) is 0 Å². The minimum atomic E-state index is -0.400. The van der Waals surface area contributed by atoms with E-state index in [2.05, 4.69) is 5.32 Å². The molecular weight excluding hydrogens is 376 g/mol. The van der Waals surface area contributed by atoms with Gasteiger partial charge in [0.05, 0.1) is 23.1 Å². The van der Waals surface area contributed by atoms with Gasteiger partial charge in [-0.15, -0.1) is 0 Å². The molecule has 2 atom stereocenters. The average Bonchev–Trinajstić information content (AvgIpc) is 2.91. The van der Waals surface area contributed by atoms with Gasteiger partial charge in [-0.2, -0.15) is 0 Å². The molecule has 3 amide bonds. The molecule has 6 heteroatoms. The molecule has 142 valence electrons. The molecule has 1 N–H and O–H groups in total. The summed E-state index contributed by atoms with van der Waals surface area (Å²) in [4.78, 5) is 40.0. The van der Waals surface area contributed by atoms with Crippen molar-refractivity contribution in [2.45, 2.75) is 19.8 Å². The summed E-state index contributed by atoms with van der Waals surface area (Å²) < 4.78 is 0. The van der Waals surface area contributed by atoms with Crippen LogP contribution >= 0.6 is 11.6 Å². The summed E-state index contributed by atoms with van der Waals surface area (Å²) in [7, 11) is 0. The molecule has 0 spiro atoms. The third-order valence-corrected chi connectivity index (χ3v) is 5.53. The first kappa shape index (κ1) is 18.4. The molecule has 1 fully saturated rings. The number of carbonyl (C=O) groups excluding carboxylic acids is 3. The number of fused-ring (bicyclic) bond motifs is 1. The molecule has 0 radical (unpaired) electrons. The fraction of sp³-hybridized carbons (Fsp3) is 0.227. The van der Waals surface area contributed by atoms with Gasteiger partial charge in [0, 0.05) is 10.7 Å². The van der Waals surface area contributed by atoms with E-state index in [0.29, 0.717) is 29.2 Å². The fourth-order valence-corrected chi connectivity index (χ4v) is 4.09. The van der Waals surface area contributed by atoms with Crippen molar-refractivity contribution in [2.75, 3.05) is 10.2 Å². The lowest BCUT2D eigenvalue weighted by atomic mass is 9.82. The van der Waals surface area contributed by atoms with Crippen LogP contribution in [0.5, 0.6) is 0 Å². The number of hydrogen-bond donors (Lipinski definition) is 1. The smallest absolute Gasteiger partial charge is 0.257 e. The van der Waals surface area contributed by atoms with E-state index in [1.54, 1.807) is 48.5 Å². The van der Waals surface area contributed by atoms with Crippen molar-refractivity contribution in [3.05, 3.63) is 70.8 Å². The Morgan fingerprint density at radius 3 is 2.61 bits per heavy atom. The van der Waals surface area contributed by atoms with Gasteiger partial charge in [-0.3, -0.25) is 14.4 Å². The highest BCUT2D eigenvalue weighted by Crippen LogP contribution is 2.40. The monoisotopic (exact) mass is 394 g/mol. The molecule has 1 aliphatic heterocycles. The van der Waals surface area contributed by atoms with Crippen LogP contribution in [0.25, 0.3) is 0 Å². The molecule has 2 aliphatic rings. The second-order valence-electron chi connectivity index (χ2n) is 7.20. The Labute approximate surface area is 168 Å². The number of nitrogens with zero attached hydrogens (tertiary/aromatic N) is 1. The van der Waals surface area contributed by atoms with E-state index in [0.717, 1.165) is 5.57 Å². The molecule has 2 aromatic carbocycles. The Morgan fingerprint density at radius 2 is 1.82 bits per heavy atom. The molecule has 5 nitrogen and oxygen atoms in total. The first-order valence-corrected chi connectivity index (χ1v) is 9.53. The van der Waals surface area contributed by atoms with Gasteiger partial charge in [0.2, 0.25) is 11.8 Å². The van der Waals surface area contributed by atoms with Gasteiger partial charge in [-0.05, 0) is 50.1 Å². The predicted octanol–water partition coefficient (Wildman–Crippen LogP) is 4.44. The molecule has 0 unspecified atom stereocenters. The van der Waals surface area contributed by atoms with Crippen LogP contribution in [0, 0.1) is 11.8 Å². The Bertz CT molecular complexity index is 1010. The van der Waals surface area contributed by atoms with E-state index in [4.69, 9.17) is 11.6 Å². The first-order valence-electron chi connectivity index (χ1n) is 9.15. The lowest BCUT2D eigenvalue weighted by Crippen LogP contribution is -2.33. The van der Waals surface area contributed by atoms with Gasteiger partial charge >= 0.3 is 0 Å². The number of allylic oxidation sites excluding steroid dienone is 2. The lowest BCUT2D eigenvalue weighted by Gasteiger charge is -2.19. The molecule has 0 saturated carbocycles. The quantitative estimate of drug-likeness (QED) is 0.618. The second kappa shape index (κ2) is 7.24. The van der Waals surface area contributed by atoms with E-state index in [1.807, 2.05) is 13.0 Å². The number of imide groups is 1. The standard InChI is InChI=1S/C22H19ClN2O3/c1-13-9-10-16-18(11-13)22(28)25(21(16)27)19-8-3-2-7-17(19)20(26)24-15-6-4-5-14(23)12-15/h2-9,12,16,18H,10-11H2,1H3,(H,24,26)/t16-,18-/m0/s1. The number of anilines is 2. The topological polar surface area (TPSA) is 66.5 Å². The van der Waals surface area contributed by atoms with E-state index in [1.165, 1.54) is 4.90 Å². The Balaban J connectivity index is 1.66. The first-order chi connectivity index (χ1) is 13.5. The minimum Gasteiger partial charge on any atom is -0.322 e. The van der Waals surface area contributed by atoms with Gasteiger partial charge in [0.1, 0.15) is 0 Å². The Hall–Kier alpha value is -2.92. The summed E-state index contributed by atoms with van der Waals surface area (Å²) in [5.41, 5.74) is 2.26. The summed E-state index contributed by atoms with van der Waals surface area (Å²) >= 11 is 5.98. The molecule has 1 saturated heterocycles. The van der Waals surface area contributed by atoms with Gasteiger partial charge in [0.15, 0.2) is 0 Å². The zero-order chi connectivity index (χ0) is 19.8. The van der Waals surface area contributed by atoms with Crippen LogP contribution in [0.4, 0.5) is 11.4 Å². The summed E-state index contributed by atoms with van der Waals surface area (Å²) in [5.74, 6) is -1.56. The highest BCUT2D eigenvalue weighted by atomic mass is 35.5. The molecule has 1 aliphatic carbocycles. The number of carbonyl (C=O) groups is 3. The second-order valence-corrected chi connectivity index (χ2v) is 7.63. The van der Waals surface area contributed by atoms with Gasteiger partial charge in [-0.25, -0.2) is 4.90 Å². The van der Waals surface area contributed by atoms with E-state index >= 15 is 0 Å². The summed E-state index contributed by atoms with van der Waals surface area (Å²) in [5, 5.41) is 3.28. The van der Waals surface area contributed by atoms with E-state index < -0.39 is 5.91 Å². The van der Waals surface area contributed by atoms with Crippen molar-refractivity contribution in [3.8, 4) is 0 Å². The van der Waals surface area contributed by atoms with Crippen molar-refractivity contribution in [1.29, 1.82) is 0 Å². The van der Waals surface area contributed by atoms with Crippen molar-refractivity contribution in [3.63, 3.8) is 0 Å². The van der Waals surface area contributed by atoms with Crippen molar-refractivity contribution >= 4 is 40.7 Å². The number of hydrogen-bond acceptors (Lipinski definition) is 3. The largest absolute Gasteiger partial charge is 0.322 e. The zero-order valence-electron chi connectivity index (χ0n) is 15.3. The van der Waals surface area contributed by atoms with Crippen molar-refractivity contribution in [1.82, 2.24) is 0 Å². The van der Waals surface area contributed by atoms with Crippen molar-refractivity contribution in [2.24, 2.45) is 11.8 Å². The molecule has 1 heterocycles. The third-order valence-electron chi connectivity index (χ3n) is 5.30. The van der Waals surface area contributed by atoms with Crippen LogP contribution in [0.1, 0.15) is 30.1 Å². The summed E-state index contributed by atoms with van der Waals surface area (Å²) in [6, 6.07) is 13.5. The highest BCUT2D eigenvalue weighted by molar-refractivity contribution is 6.31. The van der Waals surface area contributed by atoms with Crippen LogP contribution in [-0.2, 0) is 9.59 Å². The maximum absolute atomic E-state index is 13.0. The fourth-order valence-electron chi connectivity index (χ4n) is 3.90. The number of amides is 3. The SMILES string of the molecule is CC1=CC[C@@H]2C(=O)N(c3ccccc3C(=O)Nc3cccc(Cl)c3)C(=O)[C@H]2C1. The number of rotatable bonds is 3. The average molecular weight is 395 g/mol. The van der Waals surface area contributed by atoms with Crippen molar-refractivity contribution < 1.29 is 14.4 Å². The summed E-state index contributed by atoms with van der Waals surface area (Å²) in [6.07, 6.45) is 3.17. The van der Waals surface area contributed by atoms with Crippen LogP contribution < -0.4 is 10.2 Å². The Morgan fingerprint density at radius 1 is 1.07 bits per heavy atom. The van der Waals surface area contributed by atoms with Gasteiger partial charge in [-0.1, -0.05) is 41.4 Å². The lowest BCUT2D eigenvalue weighted by molar-refractivity contribution is -0.122. The zero-order valence-corrected chi connectivity index (χ0v) is 16.1. The number of nitrogens with one attached hydrogen (secondary N) is 1. The van der Waals surface area contributed by atoms with E-state index in [9.17, 15) is 14.4 Å². The molecule has 28 heavy (non-hydrogen) atoms. The molecule has 0 bridgehead atoms. The molecule has 0 aromatic heterocycles. The highest BCUT2D eigenvalue weighted by Gasteiger charge is 2.49. The number of benzene rings is 2. The molecular formula is C22H19ClN2O3. The van der Waals surface area contributed by atoms with E-state index in [-0.39, 0.29) is 29.2 Å². The normalized spacial score (nSPS) is 21.4. The van der Waals surface area contributed by atoms with Gasteiger partial charge in [0.25, 0.3) is 5.91 Å².